The third-order valence-electron chi connectivity index (χ3n) is 6.04. The molecule has 30 heavy (non-hydrogen) atoms. The lowest BCUT2D eigenvalue weighted by atomic mass is 9.73. The number of anilines is 1. The van der Waals surface area contributed by atoms with Crippen LogP contribution >= 0.6 is 0 Å². The first kappa shape index (κ1) is 20.2. The fraction of sp³-hybridized carbons (Fsp3) is 0.391. The van der Waals surface area contributed by atoms with Gasteiger partial charge in [0.2, 0.25) is 0 Å². The summed E-state index contributed by atoms with van der Waals surface area (Å²) in [6.07, 6.45) is 10.4. The summed E-state index contributed by atoms with van der Waals surface area (Å²) in [6, 6.07) is 4.98. The van der Waals surface area contributed by atoms with E-state index in [1.807, 2.05) is 37.1 Å². The van der Waals surface area contributed by atoms with Crippen molar-refractivity contribution in [3.8, 4) is 17.1 Å². The molecule has 0 fully saturated rings. The standard InChI is InChI=1S/C23H26FN5O/c1-4-8-23(2)9-5-6-18(21(23)24)29(3)20-14-26-22(28-27-20)17-11-15-7-10-25-13-16(15)12-19(17)30/h5,7,9-14,18,21,30H,4,6,8H2,1-3H3/t18-,21+,23+/m0/s1. The Balaban J connectivity index is 1.59. The van der Waals surface area contributed by atoms with Gasteiger partial charge in [-0.2, -0.15) is 0 Å². The number of benzene rings is 1. The van der Waals surface area contributed by atoms with E-state index in [0.29, 0.717) is 23.6 Å². The molecular formula is C23H26FN5O. The van der Waals surface area contributed by atoms with E-state index in [0.717, 1.165) is 23.6 Å². The Bertz CT molecular complexity index is 1070. The average Bonchev–Trinajstić information content (AvgIpc) is 2.75. The number of phenols is 1. The summed E-state index contributed by atoms with van der Waals surface area (Å²) in [7, 11) is 1.83. The lowest BCUT2D eigenvalue weighted by Crippen LogP contribution is -2.48. The third-order valence-corrected chi connectivity index (χ3v) is 6.04. The molecule has 0 amide bonds. The van der Waals surface area contributed by atoms with Crippen molar-refractivity contribution in [2.45, 2.75) is 45.3 Å². The molecular weight excluding hydrogens is 381 g/mol. The van der Waals surface area contributed by atoms with Crippen molar-refractivity contribution in [1.82, 2.24) is 20.2 Å². The zero-order chi connectivity index (χ0) is 21.3. The number of halogens is 1. The third kappa shape index (κ3) is 3.60. The van der Waals surface area contributed by atoms with Crippen LogP contribution in [-0.4, -0.2) is 44.5 Å². The first-order valence-corrected chi connectivity index (χ1v) is 10.2. The Kier molecular flexibility index (Phi) is 5.37. The predicted molar refractivity (Wildman–Crippen MR) is 116 cm³/mol. The minimum atomic E-state index is -1.01. The van der Waals surface area contributed by atoms with Crippen molar-refractivity contribution in [3.05, 3.63) is 48.9 Å². The van der Waals surface area contributed by atoms with E-state index in [1.165, 1.54) is 0 Å². The molecule has 1 aromatic carbocycles. The lowest BCUT2D eigenvalue weighted by molar-refractivity contribution is 0.120. The second-order valence-corrected chi connectivity index (χ2v) is 8.21. The van der Waals surface area contributed by atoms with E-state index < -0.39 is 11.6 Å². The Morgan fingerprint density at radius 3 is 2.80 bits per heavy atom. The van der Waals surface area contributed by atoms with Crippen LogP contribution in [0.4, 0.5) is 10.2 Å². The number of allylic oxidation sites excluding steroid dienone is 1. The summed E-state index contributed by atoms with van der Waals surface area (Å²) in [5.74, 6) is 0.888. The summed E-state index contributed by atoms with van der Waals surface area (Å²) < 4.78 is 15.4. The van der Waals surface area contributed by atoms with Crippen molar-refractivity contribution >= 4 is 16.6 Å². The number of aromatic nitrogens is 4. The van der Waals surface area contributed by atoms with Gasteiger partial charge in [0.1, 0.15) is 11.9 Å². The highest BCUT2D eigenvalue weighted by molar-refractivity contribution is 5.88. The molecule has 0 saturated carbocycles. The van der Waals surface area contributed by atoms with Crippen molar-refractivity contribution < 1.29 is 9.50 Å². The zero-order valence-corrected chi connectivity index (χ0v) is 17.5. The molecule has 0 bridgehead atoms. The number of aromatic hydroxyl groups is 1. The molecule has 0 radical (unpaired) electrons. The van der Waals surface area contributed by atoms with E-state index in [-0.39, 0.29) is 11.8 Å². The van der Waals surface area contributed by atoms with Crippen LogP contribution < -0.4 is 4.90 Å². The van der Waals surface area contributed by atoms with Crippen LogP contribution in [0.15, 0.2) is 48.9 Å². The molecule has 4 rings (SSSR count). The van der Waals surface area contributed by atoms with Gasteiger partial charge in [0, 0.05) is 30.2 Å². The van der Waals surface area contributed by atoms with Crippen LogP contribution in [0.3, 0.4) is 0 Å². The smallest absolute Gasteiger partial charge is 0.185 e. The molecule has 156 valence electrons. The highest BCUT2D eigenvalue weighted by Crippen LogP contribution is 2.40. The number of phenolic OH excluding ortho intramolecular Hbond substituents is 1. The molecule has 0 unspecified atom stereocenters. The highest BCUT2D eigenvalue weighted by atomic mass is 19.1. The molecule has 1 N–H and O–H groups in total. The van der Waals surface area contributed by atoms with Crippen LogP contribution in [-0.2, 0) is 0 Å². The SMILES string of the molecule is CCC[C@]1(C)C=CC[C@H](N(C)c2cnc(-c3cc4ccncc4cc3O)nn2)[C@H]1F. The molecule has 3 aromatic rings. The molecule has 0 spiro atoms. The zero-order valence-electron chi connectivity index (χ0n) is 17.5. The molecule has 6 nitrogen and oxygen atoms in total. The van der Waals surface area contributed by atoms with Crippen molar-refractivity contribution in [1.29, 1.82) is 0 Å². The number of fused-ring (bicyclic) bond motifs is 1. The quantitative estimate of drug-likeness (QED) is 0.618. The Hall–Kier alpha value is -3.09. The van der Waals surface area contributed by atoms with E-state index in [2.05, 4.69) is 33.2 Å². The fourth-order valence-corrected chi connectivity index (χ4v) is 4.27. The Morgan fingerprint density at radius 1 is 1.23 bits per heavy atom. The number of alkyl halides is 1. The monoisotopic (exact) mass is 407 g/mol. The normalized spacial score (nSPS) is 23.6. The molecule has 2 heterocycles. The summed E-state index contributed by atoms with van der Waals surface area (Å²) >= 11 is 0. The average molecular weight is 407 g/mol. The van der Waals surface area contributed by atoms with E-state index >= 15 is 4.39 Å². The van der Waals surface area contributed by atoms with Gasteiger partial charge in [-0.15, -0.1) is 10.2 Å². The maximum absolute atomic E-state index is 15.4. The molecule has 2 aromatic heterocycles. The van der Waals surface area contributed by atoms with Crippen LogP contribution in [0.5, 0.6) is 5.75 Å². The van der Waals surface area contributed by atoms with Gasteiger partial charge in [0.05, 0.1) is 17.8 Å². The van der Waals surface area contributed by atoms with Gasteiger partial charge in [-0.1, -0.05) is 32.4 Å². The fourth-order valence-electron chi connectivity index (χ4n) is 4.27. The molecule has 0 aliphatic heterocycles. The van der Waals surface area contributed by atoms with E-state index in [4.69, 9.17) is 0 Å². The van der Waals surface area contributed by atoms with Crippen molar-refractivity contribution in [3.63, 3.8) is 0 Å². The topological polar surface area (TPSA) is 75.0 Å². The van der Waals surface area contributed by atoms with Crippen molar-refractivity contribution in [2.24, 2.45) is 5.41 Å². The number of hydrogen-bond acceptors (Lipinski definition) is 6. The number of pyridine rings is 1. The van der Waals surface area contributed by atoms with Gasteiger partial charge in [0.25, 0.3) is 0 Å². The summed E-state index contributed by atoms with van der Waals surface area (Å²) in [6.45, 7) is 4.05. The summed E-state index contributed by atoms with van der Waals surface area (Å²) in [5.41, 5.74) is 0.0215. The predicted octanol–water partition coefficient (Wildman–Crippen LogP) is 4.70. The Labute approximate surface area is 175 Å². The van der Waals surface area contributed by atoms with Gasteiger partial charge >= 0.3 is 0 Å². The van der Waals surface area contributed by atoms with Gasteiger partial charge < -0.3 is 10.0 Å². The molecule has 3 atom stereocenters. The maximum atomic E-state index is 15.4. The molecule has 0 saturated heterocycles. The lowest BCUT2D eigenvalue weighted by Gasteiger charge is -2.41. The number of hydrogen-bond donors (Lipinski definition) is 1. The van der Waals surface area contributed by atoms with E-state index in [1.54, 1.807) is 24.7 Å². The minimum Gasteiger partial charge on any atom is -0.507 e. The van der Waals surface area contributed by atoms with Crippen LogP contribution in [0.2, 0.25) is 0 Å². The van der Waals surface area contributed by atoms with Gasteiger partial charge in [-0.05, 0) is 36.4 Å². The van der Waals surface area contributed by atoms with Crippen LogP contribution in [0.1, 0.15) is 33.1 Å². The van der Waals surface area contributed by atoms with Gasteiger partial charge in [0.15, 0.2) is 11.6 Å². The number of rotatable bonds is 5. The first-order chi connectivity index (χ1) is 14.4. The molecule has 1 aliphatic carbocycles. The molecule has 7 heteroatoms. The van der Waals surface area contributed by atoms with Crippen LogP contribution in [0, 0.1) is 5.41 Å². The maximum Gasteiger partial charge on any atom is 0.185 e. The first-order valence-electron chi connectivity index (χ1n) is 10.2. The van der Waals surface area contributed by atoms with Crippen LogP contribution in [0.25, 0.3) is 22.2 Å². The highest BCUT2D eigenvalue weighted by Gasteiger charge is 2.41. The molecule has 1 aliphatic rings. The minimum absolute atomic E-state index is 0.0648. The summed E-state index contributed by atoms with van der Waals surface area (Å²) in [4.78, 5) is 10.3. The largest absolute Gasteiger partial charge is 0.507 e. The second-order valence-electron chi connectivity index (χ2n) is 8.21. The van der Waals surface area contributed by atoms with E-state index in [9.17, 15) is 5.11 Å². The Morgan fingerprint density at radius 2 is 2.07 bits per heavy atom. The van der Waals surface area contributed by atoms with Crippen molar-refractivity contribution in [2.75, 3.05) is 11.9 Å². The van der Waals surface area contributed by atoms with Gasteiger partial charge in [-0.25, -0.2) is 9.37 Å². The number of nitrogens with zero attached hydrogens (tertiary/aromatic N) is 5. The van der Waals surface area contributed by atoms with Gasteiger partial charge in [-0.3, -0.25) is 4.98 Å². The summed E-state index contributed by atoms with van der Waals surface area (Å²) in [5, 5.41) is 20.6. The second kappa shape index (κ2) is 7.97.